The molecule has 0 spiro atoms. The number of hydrogen-bond donors (Lipinski definition) is 1. The van der Waals surface area contributed by atoms with E-state index in [1.807, 2.05) is 48.2 Å². The fourth-order valence-electron chi connectivity index (χ4n) is 5.43. The lowest BCUT2D eigenvalue weighted by Gasteiger charge is -2.45. The number of nitrogens with zero attached hydrogens (tertiary/aromatic N) is 3. The molecule has 3 heterocycles. The van der Waals surface area contributed by atoms with Gasteiger partial charge in [-0.15, -0.1) is 0 Å². The van der Waals surface area contributed by atoms with Gasteiger partial charge >= 0.3 is 0 Å². The minimum absolute atomic E-state index is 0.0107. The van der Waals surface area contributed by atoms with Crippen LogP contribution in [0.2, 0.25) is 0 Å². The van der Waals surface area contributed by atoms with Crippen LogP contribution in [-0.2, 0) is 16.1 Å². The van der Waals surface area contributed by atoms with Crippen molar-refractivity contribution in [1.82, 2.24) is 10.2 Å². The third-order valence-corrected chi connectivity index (χ3v) is 7.30. The molecule has 0 radical (unpaired) electrons. The Kier molecular flexibility index (Phi) is 7.11. The highest BCUT2D eigenvalue weighted by Gasteiger charge is 2.40. The number of anilines is 2. The Morgan fingerprint density at radius 3 is 2.47 bits per heavy atom. The summed E-state index contributed by atoms with van der Waals surface area (Å²) in [6, 6.07) is 13.0. The molecule has 36 heavy (non-hydrogen) atoms. The van der Waals surface area contributed by atoms with Crippen LogP contribution in [0.4, 0.5) is 11.4 Å². The number of amides is 3. The molecule has 0 aromatic heterocycles. The predicted octanol–water partition coefficient (Wildman–Crippen LogP) is 3.34. The zero-order valence-electron chi connectivity index (χ0n) is 20.9. The monoisotopic (exact) mass is 490 g/mol. The van der Waals surface area contributed by atoms with Crippen LogP contribution in [-0.4, -0.2) is 61.4 Å². The van der Waals surface area contributed by atoms with E-state index < -0.39 is 0 Å². The van der Waals surface area contributed by atoms with Gasteiger partial charge in [-0.25, -0.2) is 0 Å². The molecule has 3 aliphatic heterocycles. The van der Waals surface area contributed by atoms with Crippen LogP contribution in [0.25, 0.3) is 0 Å². The van der Waals surface area contributed by atoms with Crippen molar-refractivity contribution in [3.63, 3.8) is 0 Å². The minimum Gasteiger partial charge on any atom is -0.494 e. The summed E-state index contributed by atoms with van der Waals surface area (Å²) < 4.78 is 5.47. The number of hydrogen-bond acceptors (Lipinski definition) is 5. The maximum Gasteiger partial charge on any atom is 0.253 e. The van der Waals surface area contributed by atoms with E-state index in [0.29, 0.717) is 24.4 Å². The summed E-state index contributed by atoms with van der Waals surface area (Å²) >= 11 is 0. The number of rotatable bonds is 7. The molecule has 2 saturated heterocycles. The normalized spacial score (nSPS) is 19.1. The van der Waals surface area contributed by atoms with Crippen LogP contribution in [0.1, 0.15) is 54.9 Å². The van der Waals surface area contributed by atoms with Gasteiger partial charge in [-0.3, -0.25) is 19.3 Å². The van der Waals surface area contributed by atoms with E-state index in [2.05, 4.69) is 10.2 Å². The van der Waals surface area contributed by atoms with Crippen molar-refractivity contribution in [1.29, 1.82) is 0 Å². The lowest BCUT2D eigenvalue weighted by Crippen LogP contribution is -2.57. The topological polar surface area (TPSA) is 82.2 Å². The van der Waals surface area contributed by atoms with Crippen LogP contribution in [0.3, 0.4) is 0 Å². The van der Waals surface area contributed by atoms with E-state index in [4.69, 9.17) is 4.74 Å². The first-order valence-electron chi connectivity index (χ1n) is 13.0. The zero-order chi connectivity index (χ0) is 25.1. The molecule has 2 aromatic rings. The summed E-state index contributed by atoms with van der Waals surface area (Å²) in [5.41, 5.74) is 3.10. The minimum atomic E-state index is -0.259. The number of ether oxygens (including phenoxy) is 1. The second-order valence-electron chi connectivity index (χ2n) is 9.69. The number of carbonyl (C=O) groups excluding carboxylic acids is 3. The van der Waals surface area contributed by atoms with E-state index in [9.17, 15) is 14.4 Å². The van der Waals surface area contributed by atoms with Crippen molar-refractivity contribution >= 4 is 29.1 Å². The molecule has 0 bridgehead atoms. The first-order chi connectivity index (χ1) is 17.5. The molecular weight excluding hydrogens is 456 g/mol. The average Bonchev–Trinajstić information content (AvgIpc) is 3.45. The van der Waals surface area contributed by atoms with Gasteiger partial charge < -0.3 is 19.9 Å². The Morgan fingerprint density at radius 2 is 1.72 bits per heavy atom. The van der Waals surface area contributed by atoms with E-state index >= 15 is 0 Å². The number of carbonyl (C=O) groups is 3. The van der Waals surface area contributed by atoms with Gasteiger partial charge in [0.1, 0.15) is 18.3 Å². The second-order valence-corrected chi connectivity index (χ2v) is 9.69. The fourth-order valence-corrected chi connectivity index (χ4v) is 5.43. The van der Waals surface area contributed by atoms with Gasteiger partial charge in [0, 0.05) is 31.7 Å². The van der Waals surface area contributed by atoms with Gasteiger partial charge in [0.2, 0.25) is 11.8 Å². The van der Waals surface area contributed by atoms with Gasteiger partial charge in [0.25, 0.3) is 5.91 Å². The van der Waals surface area contributed by atoms with Crippen LogP contribution >= 0.6 is 0 Å². The lowest BCUT2D eigenvalue weighted by molar-refractivity contribution is -0.125. The molecule has 1 N–H and O–H groups in total. The van der Waals surface area contributed by atoms with Crippen molar-refractivity contribution in [2.75, 3.05) is 42.6 Å². The molecule has 2 aromatic carbocycles. The van der Waals surface area contributed by atoms with E-state index in [0.717, 1.165) is 68.7 Å². The predicted molar refractivity (Wildman–Crippen MR) is 138 cm³/mol. The highest BCUT2D eigenvalue weighted by molar-refractivity contribution is 6.09. The van der Waals surface area contributed by atoms with Crippen LogP contribution in [0.5, 0.6) is 5.75 Å². The molecule has 5 rings (SSSR count). The first-order valence-corrected chi connectivity index (χ1v) is 13.0. The third kappa shape index (κ3) is 4.90. The third-order valence-electron chi connectivity index (χ3n) is 7.30. The number of nitrogens with one attached hydrogen (secondary N) is 1. The zero-order valence-corrected chi connectivity index (χ0v) is 20.9. The molecule has 8 nitrogen and oxygen atoms in total. The number of benzene rings is 2. The molecule has 0 unspecified atom stereocenters. The maximum atomic E-state index is 13.6. The molecule has 3 amide bonds. The van der Waals surface area contributed by atoms with Gasteiger partial charge in [0.05, 0.1) is 18.0 Å². The lowest BCUT2D eigenvalue weighted by atomic mass is 9.95. The molecule has 3 aliphatic rings. The molecule has 1 atom stereocenters. The van der Waals surface area contributed by atoms with Crippen LogP contribution in [0, 0.1) is 0 Å². The maximum absolute atomic E-state index is 13.6. The Labute approximate surface area is 212 Å². The van der Waals surface area contributed by atoms with Gasteiger partial charge in [-0.2, -0.15) is 0 Å². The number of piperidine rings is 1. The molecule has 190 valence electrons. The van der Waals surface area contributed by atoms with Gasteiger partial charge in [0.15, 0.2) is 0 Å². The van der Waals surface area contributed by atoms with Crippen molar-refractivity contribution in [2.24, 2.45) is 0 Å². The molecular formula is C28H34N4O4. The second kappa shape index (κ2) is 10.6. The SMILES string of the molecule is CCOc1ccc(CNC(=O)CN2C(=O)[C@H]3CCCCN3c3ccc(C(=O)N4CCCC4)cc32)cc1. The Morgan fingerprint density at radius 1 is 0.972 bits per heavy atom. The van der Waals surface area contributed by atoms with Crippen molar-refractivity contribution in [3.8, 4) is 5.75 Å². The summed E-state index contributed by atoms with van der Waals surface area (Å²) in [6.07, 6.45) is 4.83. The molecule has 8 heteroatoms. The van der Waals surface area contributed by atoms with Crippen LogP contribution < -0.4 is 19.9 Å². The van der Waals surface area contributed by atoms with Gasteiger partial charge in [-0.1, -0.05) is 12.1 Å². The van der Waals surface area contributed by atoms with E-state index in [1.54, 1.807) is 11.0 Å². The Bertz CT molecular complexity index is 1130. The van der Waals surface area contributed by atoms with Gasteiger partial charge in [-0.05, 0) is 74.9 Å². The fraction of sp³-hybridized carbons (Fsp3) is 0.464. The highest BCUT2D eigenvalue weighted by atomic mass is 16.5. The summed E-state index contributed by atoms with van der Waals surface area (Å²) in [5.74, 6) is 0.482. The van der Waals surface area contributed by atoms with E-state index in [-0.39, 0.29) is 30.3 Å². The summed E-state index contributed by atoms with van der Waals surface area (Å²) in [7, 11) is 0. The van der Waals surface area contributed by atoms with Crippen LogP contribution in [0.15, 0.2) is 42.5 Å². The smallest absolute Gasteiger partial charge is 0.253 e. The molecule has 2 fully saturated rings. The summed E-state index contributed by atoms with van der Waals surface area (Å²) in [5, 5.41) is 2.94. The molecule has 0 saturated carbocycles. The quantitative estimate of drug-likeness (QED) is 0.644. The number of fused-ring (bicyclic) bond motifs is 3. The Hall–Kier alpha value is -3.55. The average molecular weight is 491 g/mol. The Balaban J connectivity index is 1.35. The summed E-state index contributed by atoms with van der Waals surface area (Å²) in [6.45, 7) is 5.16. The largest absolute Gasteiger partial charge is 0.494 e. The van der Waals surface area contributed by atoms with Crippen molar-refractivity contribution in [3.05, 3.63) is 53.6 Å². The van der Waals surface area contributed by atoms with Crippen molar-refractivity contribution < 1.29 is 19.1 Å². The number of likely N-dealkylation sites (tertiary alicyclic amines) is 1. The molecule has 0 aliphatic carbocycles. The first kappa shape index (κ1) is 24.2. The standard InChI is InChI=1S/C28H34N4O4/c1-2-36-22-11-8-20(9-12-22)18-29-26(33)19-32-25-17-21(27(34)30-14-5-6-15-30)10-13-23(25)31-16-4-3-7-24(31)28(32)35/h8-13,17,24H,2-7,14-16,18-19H2,1H3,(H,29,33)/t24-/m1/s1. The highest BCUT2D eigenvalue weighted by Crippen LogP contribution is 2.40. The van der Waals surface area contributed by atoms with Crippen molar-refractivity contribution in [2.45, 2.75) is 51.6 Å². The van der Waals surface area contributed by atoms with E-state index in [1.165, 1.54) is 0 Å². The summed E-state index contributed by atoms with van der Waals surface area (Å²) in [4.78, 5) is 45.2.